The fourth-order valence-corrected chi connectivity index (χ4v) is 1.06. The fourth-order valence-electron chi connectivity index (χ4n) is 1.06. The molecule has 0 radical (unpaired) electrons. The summed E-state index contributed by atoms with van der Waals surface area (Å²) in [6, 6.07) is 2.06. The molecule has 5 nitrogen and oxygen atoms in total. The van der Waals surface area contributed by atoms with E-state index in [4.69, 9.17) is 11.0 Å². The molecule has 1 aliphatic heterocycles. The first kappa shape index (κ1) is 8.68. The molecule has 1 heterocycles. The number of nitriles is 1. The first-order valence-electron chi connectivity index (χ1n) is 3.58. The quantitative estimate of drug-likeness (QED) is 0.518. The Morgan fingerprint density at radius 2 is 2.17 bits per heavy atom. The summed E-state index contributed by atoms with van der Waals surface area (Å²) in [7, 11) is 0. The van der Waals surface area contributed by atoms with Gasteiger partial charge in [0.1, 0.15) is 0 Å². The van der Waals surface area contributed by atoms with Gasteiger partial charge in [0, 0.05) is 13.1 Å². The highest BCUT2D eigenvalue weighted by atomic mass is 16.2. The van der Waals surface area contributed by atoms with Crippen LogP contribution in [-0.4, -0.2) is 36.2 Å². The van der Waals surface area contributed by atoms with E-state index < -0.39 is 11.7 Å². The molecule has 0 aromatic rings. The molecule has 1 fully saturated rings. The van der Waals surface area contributed by atoms with Gasteiger partial charge in [0.15, 0.2) is 0 Å². The number of primary amides is 1. The van der Waals surface area contributed by atoms with Crippen molar-refractivity contribution in [3.05, 3.63) is 0 Å². The van der Waals surface area contributed by atoms with Gasteiger partial charge in [-0.3, -0.25) is 14.5 Å². The van der Waals surface area contributed by atoms with E-state index in [9.17, 15) is 9.59 Å². The zero-order chi connectivity index (χ0) is 9.14. The third-order valence-electron chi connectivity index (χ3n) is 1.78. The SMILES string of the molecule is N#CC1CN(CC(=O)C(N)=O)C1. The summed E-state index contributed by atoms with van der Waals surface area (Å²) in [5.41, 5.74) is 4.75. The topological polar surface area (TPSA) is 87.2 Å². The van der Waals surface area contributed by atoms with Gasteiger partial charge in [0.2, 0.25) is 5.78 Å². The van der Waals surface area contributed by atoms with Crippen molar-refractivity contribution in [2.75, 3.05) is 19.6 Å². The number of amides is 1. The minimum atomic E-state index is -0.907. The maximum Gasteiger partial charge on any atom is 0.286 e. The van der Waals surface area contributed by atoms with Crippen molar-refractivity contribution >= 4 is 11.7 Å². The predicted octanol–water partition coefficient (Wildman–Crippen LogP) is -1.50. The van der Waals surface area contributed by atoms with Crippen molar-refractivity contribution in [3.63, 3.8) is 0 Å². The van der Waals surface area contributed by atoms with E-state index >= 15 is 0 Å². The second kappa shape index (κ2) is 3.32. The molecule has 1 rings (SSSR count). The van der Waals surface area contributed by atoms with E-state index in [-0.39, 0.29) is 12.5 Å². The molecule has 12 heavy (non-hydrogen) atoms. The van der Waals surface area contributed by atoms with Crippen LogP contribution in [0.3, 0.4) is 0 Å². The lowest BCUT2D eigenvalue weighted by atomic mass is 10.0. The highest BCUT2D eigenvalue weighted by Crippen LogP contribution is 2.12. The summed E-state index contributed by atoms with van der Waals surface area (Å²) in [4.78, 5) is 22.8. The Morgan fingerprint density at radius 3 is 2.58 bits per heavy atom. The highest BCUT2D eigenvalue weighted by Gasteiger charge is 2.28. The fraction of sp³-hybridized carbons (Fsp3) is 0.571. The van der Waals surface area contributed by atoms with Crippen LogP contribution >= 0.6 is 0 Å². The monoisotopic (exact) mass is 167 g/mol. The summed E-state index contributed by atoms with van der Waals surface area (Å²) < 4.78 is 0. The molecule has 0 atom stereocenters. The van der Waals surface area contributed by atoms with E-state index in [2.05, 4.69) is 6.07 Å². The Hall–Kier alpha value is -1.41. The number of likely N-dealkylation sites (tertiary alicyclic amines) is 1. The van der Waals surface area contributed by atoms with Gasteiger partial charge in [0.05, 0.1) is 18.5 Å². The Morgan fingerprint density at radius 1 is 1.58 bits per heavy atom. The molecule has 0 aromatic heterocycles. The number of rotatable bonds is 3. The lowest BCUT2D eigenvalue weighted by Crippen LogP contribution is -2.49. The lowest BCUT2D eigenvalue weighted by Gasteiger charge is -2.33. The number of carbonyl (C=O) groups excluding carboxylic acids is 2. The normalized spacial score (nSPS) is 17.9. The van der Waals surface area contributed by atoms with Crippen molar-refractivity contribution in [1.82, 2.24) is 4.90 Å². The number of nitrogens with two attached hydrogens (primary N) is 1. The van der Waals surface area contributed by atoms with Gasteiger partial charge in [-0.25, -0.2) is 0 Å². The highest BCUT2D eigenvalue weighted by molar-refractivity contribution is 6.36. The molecular formula is C7H9N3O2. The zero-order valence-electron chi connectivity index (χ0n) is 6.49. The molecule has 1 amide bonds. The molecule has 0 aliphatic carbocycles. The number of Topliss-reactive ketones (excluding diaryl/α,β-unsaturated/α-hetero) is 1. The number of hydrogen-bond donors (Lipinski definition) is 1. The predicted molar refractivity (Wildman–Crippen MR) is 39.7 cm³/mol. The van der Waals surface area contributed by atoms with Crippen LogP contribution in [0.4, 0.5) is 0 Å². The Bertz CT molecular complexity index is 250. The van der Waals surface area contributed by atoms with E-state index in [0.29, 0.717) is 13.1 Å². The van der Waals surface area contributed by atoms with Gasteiger partial charge in [-0.05, 0) is 0 Å². The van der Waals surface area contributed by atoms with Crippen LogP contribution < -0.4 is 5.73 Å². The summed E-state index contributed by atoms with van der Waals surface area (Å²) in [6.45, 7) is 1.18. The van der Waals surface area contributed by atoms with Crippen LogP contribution in [0, 0.1) is 17.2 Å². The Labute approximate surface area is 69.7 Å². The van der Waals surface area contributed by atoms with Gasteiger partial charge >= 0.3 is 0 Å². The van der Waals surface area contributed by atoms with Crippen LogP contribution in [0.5, 0.6) is 0 Å². The molecule has 1 aliphatic rings. The van der Waals surface area contributed by atoms with Crippen molar-refractivity contribution in [2.45, 2.75) is 0 Å². The van der Waals surface area contributed by atoms with Crippen molar-refractivity contribution in [1.29, 1.82) is 5.26 Å². The second-order valence-electron chi connectivity index (χ2n) is 2.81. The van der Waals surface area contributed by atoms with Crippen molar-refractivity contribution in [2.24, 2.45) is 11.7 Å². The molecule has 0 saturated carbocycles. The molecule has 0 unspecified atom stereocenters. The van der Waals surface area contributed by atoms with Crippen LogP contribution in [0.2, 0.25) is 0 Å². The minimum absolute atomic E-state index is 0.00526. The largest absolute Gasteiger partial charge is 0.363 e. The molecule has 64 valence electrons. The Kier molecular flexibility index (Phi) is 2.41. The van der Waals surface area contributed by atoms with E-state index in [1.807, 2.05) is 0 Å². The third kappa shape index (κ3) is 1.80. The molecule has 0 aromatic carbocycles. The number of nitrogens with zero attached hydrogens (tertiary/aromatic N) is 2. The molecular weight excluding hydrogens is 158 g/mol. The van der Waals surface area contributed by atoms with Crippen LogP contribution in [0.25, 0.3) is 0 Å². The van der Waals surface area contributed by atoms with Crippen LogP contribution in [0.15, 0.2) is 0 Å². The number of hydrogen-bond acceptors (Lipinski definition) is 4. The number of carbonyl (C=O) groups is 2. The van der Waals surface area contributed by atoms with Gasteiger partial charge in [0.25, 0.3) is 5.91 Å². The van der Waals surface area contributed by atoms with Crippen LogP contribution in [-0.2, 0) is 9.59 Å². The van der Waals surface area contributed by atoms with E-state index in [1.54, 1.807) is 4.90 Å². The third-order valence-corrected chi connectivity index (χ3v) is 1.78. The van der Waals surface area contributed by atoms with Crippen LogP contribution in [0.1, 0.15) is 0 Å². The van der Waals surface area contributed by atoms with Crippen molar-refractivity contribution < 1.29 is 9.59 Å². The molecule has 0 spiro atoms. The summed E-state index contributed by atoms with van der Waals surface area (Å²) in [5.74, 6) is -1.49. The molecule has 2 N–H and O–H groups in total. The maximum absolute atomic E-state index is 10.7. The summed E-state index contributed by atoms with van der Waals surface area (Å²) >= 11 is 0. The lowest BCUT2D eigenvalue weighted by molar-refractivity contribution is -0.137. The summed E-state index contributed by atoms with van der Waals surface area (Å²) in [5, 5.41) is 8.39. The standard InChI is InChI=1S/C7H9N3O2/c8-1-5-2-10(3-5)4-6(11)7(9)12/h5H,2-4H2,(H2,9,12). The summed E-state index contributed by atoms with van der Waals surface area (Å²) in [6.07, 6.45) is 0. The number of ketones is 1. The minimum Gasteiger partial charge on any atom is -0.363 e. The van der Waals surface area contributed by atoms with Gasteiger partial charge in [-0.1, -0.05) is 0 Å². The average Bonchev–Trinajstić information content (AvgIpc) is 1.94. The van der Waals surface area contributed by atoms with E-state index in [1.165, 1.54) is 0 Å². The first-order chi connectivity index (χ1) is 5.63. The van der Waals surface area contributed by atoms with E-state index in [0.717, 1.165) is 0 Å². The van der Waals surface area contributed by atoms with Gasteiger partial charge in [-0.2, -0.15) is 5.26 Å². The molecule has 1 saturated heterocycles. The average molecular weight is 167 g/mol. The Balaban J connectivity index is 2.24. The van der Waals surface area contributed by atoms with Gasteiger partial charge in [-0.15, -0.1) is 0 Å². The van der Waals surface area contributed by atoms with Gasteiger partial charge < -0.3 is 5.73 Å². The smallest absolute Gasteiger partial charge is 0.286 e. The van der Waals surface area contributed by atoms with Crippen molar-refractivity contribution in [3.8, 4) is 6.07 Å². The zero-order valence-corrected chi connectivity index (χ0v) is 6.49. The maximum atomic E-state index is 10.7. The first-order valence-corrected chi connectivity index (χ1v) is 3.58. The molecule has 5 heteroatoms. The molecule has 0 bridgehead atoms. The second-order valence-corrected chi connectivity index (χ2v) is 2.81.